The fourth-order valence-electron chi connectivity index (χ4n) is 3.65. The van der Waals surface area contributed by atoms with Crippen molar-refractivity contribution >= 4 is 22.0 Å². The molecule has 1 unspecified atom stereocenters. The highest BCUT2D eigenvalue weighted by atomic mass is 19.1. The van der Waals surface area contributed by atoms with Gasteiger partial charge < -0.3 is 10.6 Å². The second-order valence-corrected chi connectivity index (χ2v) is 6.86. The highest BCUT2D eigenvalue weighted by molar-refractivity contribution is 5.97. The van der Waals surface area contributed by atoms with E-state index < -0.39 is 6.17 Å². The van der Waals surface area contributed by atoms with Gasteiger partial charge in [0.1, 0.15) is 6.17 Å². The van der Waals surface area contributed by atoms with E-state index in [0.717, 1.165) is 53.5 Å². The molecule has 1 aromatic heterocycles. The van der Waals surface area contributed by atoms with Crippen LogP contribution in [-0.4, -0.2) is 30.3 Å². The molecule has 2 heterocycles. The lowest BCUT2D eigenvalue weighted by molar-refractivity contribution is 0.390. The van der Waals surface area contributed by atoms with Gasteiger partial charge in [-0.15, -0.1) is 0 Å². The maximum Gasteiger partial charge on any atom is 0.138 e. The van der Waals surface area contributed by atoms with Gasteiger partial charge in [0.2, 0.25) is 0 Å². The Bertz CT molecular complexity index is 919. The molecule has 26 heavy (non-hydrogen) atoms. The molecule has 0 amide bonds. The number of hydrogen-bond donors (Lipinski definition) is 2. The van der Waals surface area contributed by atoms with E-state index in [0.29, 0.717) is 6.04 Å². The van der Waals surface area contributed by atoms with Crippen LogP contribution >= 0.6 is 0 Å². The Morgan fingerprint density at radius 3 is 2.92 bits per heavy atom. The number of rotatable bonds is 3. The Balaban J connectivity index is 1.74. The van der Waals surface area contributed by atoms with E-state index in [2.05, 4.69) is 27.8 Å². The van der Waals surface area contributed by atoms with Crippen LogP contribution in [-0.2, 0) is 0 Å². The van der Waals surface area contributed by atoms with Crippen LogP contribution < -0.4 is 10.6 Å². The monoisotopic (exact) mass is 348 g/mol. The molecule has 1 aliphatic heterocycles. The standard InChI is InChI=1S/C21H21FN4/c22-20-2-1-14(9-17(20)12-23)16-10-15-3-6-25-13-19(15)21(11-16)26-18-4-7-24-8-5-18/h1,3,6,9-11,13,18,20,24,26H,2,4-5,7-8H2. The third kappa shape index (κ3) is 3.33. The van der Waals surface area contributed by atoms with Crippen molar-refractivity contribution in [2.45, 2.75) is 31.5 Å². The fourth-order valence-corrected chi connectivity index (χ4v) is 3.65. The number of nitrogens with zero attached hydrogens (tertiary/aromatic N) is 2. The average Bonchev–Trinajstić information content (AvgIpc) is 2.69. The lowest BCUT2D eigenvalue weighted by Gasteiger charge is -2.26. The quantitative estimate of drug-likeness (QED) is 0.881. The number of pyridine rings is 1. The van der Waals surface area contributed by atoms with Crippen LogP contribution in [0.1, 0.15) is 24.8 Å². The number of nitriles is 1. The first-order valence-corrected chi connectivity index (χ1v) is 9.06. The third-order valence-corrected chi connectivity index (χ3v) is 5.11. The van der Waals surface area contributed by atoms with E-state index in [1.807, 2.05) is 24.4 Å². The summed E-state index contributed by atoms with van der Waals surface area (Å²) in [7, 11) is 0. The predicted octanol–water partition coefficient (Wildman–Crippen LogP) is 3.97. The number of aromatic nitrogens is 1. The average molecular weight is 348 g/mol. The van der Waals surface area contributed by atoms with E-state index in [1.165, 1.54) is 0 Å². The fraction of sp³-hybridized carbons (Fsp3) is 0.333. The summed E-state index contributed by atoms with van der Waals surface area (Å²) in [6, 6.07) is 8.58. The predicted molar refractivity (Wildman–Crippen MR) is 102 cm³/mol. The van der Waals surface area contributed by atoms with Crippen LogP contribution in [0.25, 0.3) is 16.3 Å². The highest BCUT2D eigenvalue weighted by Crippen LogP contribution is 2.33. The minimum atomic E-state index is -1.19. The van der Waals surface area contributed by atoms with E-state index in [-0.39, 0.29) is 12.0 Å². The molecule has 2 N–H and O–H groups in total. The summed E-state index contributed by atoms with van der Waals surface area (Å²) < 4.78 is 13.8. The van der Waals surface area contributed by atoms with Crippen LogP contribution in [0, 0.1) is 11.3 Å². The van der Waals surface area contributed by atoms with Crippen molar-refractivity contribution in [1.82, 2.24) is 10.3 Å². The summed E-state index contributed by atoms with van der Waals surface area (Å²) in [4.78, 5) is 4.27. The van der Waals surface area contributed by atoms with Gasteiger partial charge in [-0.3, -0.25) is 4.98 Å². The first-order valence-electron chi connectivity index (χ1n) is 9.06. The van der Waals surface area contributed by atoms with Crippen molar-refractivity contribution in [1.29, 1.82) is 5.26 Å². The Kier molecular flexibility index (Phi) is 4.68. The highest BCUT2D eigenvalue weighted by Gasteiger charge is 2.19. The molecule has 1 fully saturated rings. The minimum absolute atomic E-state index is 0.199. The molecule has 4 rings (SSSR count). The van der Waals surface area contributed by atoms with Crippen molar-refractivity contribution < 1.29 is 4.39 Å². The maximum absolute atomic E-state index is 13.8. The number of fused-ring (bicyclic) bond motifs is 1. The number of allylic oxidation sites excluding steroid dienone is 4. The summed E-state index contributed by atoms with van der Waals surface area (Å²) in [5.74, 6) is 0. The van der Waals surface area contributed by atoms with Gasteiger partial charge in [-0.25, -0.2) is 4.39 Å². The first-order chi connectivity index (χ1) is 12.7. The largest absolute Gasteiger partial charge is 0.382 e. The lowest BCUT2D eigenvalue weighted by atomic mass is 9.92. The molecule has 1 aliphatic carbocycles. The molecule has 1 saturated heterocycles. The molecule has 2 aromatic rings. The zero-order valence-corrected chi connectivity index (χ0v) is 14.5. The van der Waals surface area contributed by atoms with Gasteiger partial charge in [0.25, 0.3) is 0 Å². The Morgan fingerprint density at radius 2 is 2.12 bits per heavy atom. The first kappa shape index (κ1) is 16.7. The van der Waals surface area contributed by atoms with Crippen LogP contribution in [0.2, 0.25) is 0 Å². The van der Waals surface area contributed by atoms with Crippen LogP contribution in [0.4, 0.5) is 10.1 Å². The summed E-state index contributed by atoms with van der Waals surface area (Å²) in [5.41, 5.74) is 3.15. The molecule has 4 nitrogen and oxygen atoms in total. The van der Waals surface area contributed by atoms with Crippen molar-refractivity contribution in [3.63, 3.8) is 0 Å². The van der Waals surface area contributed by atoms with Gasteiger partial charge in [0, 0.05) is 35.9 Å². The normalized spacial score (nSPS) is 21.0. The van der Waals surface area contributed by atoms with Gasteiger partial charge in [0.05, 0.1) is 11.6 Å². The van der Waals surface area contributed by atoms with Crippen molar-refractivity contribution in [2.24, 2.45) is 0 Å². The summed E-state index contributed by atoms with van der Waals surface area (Å²) in [5, 5.41) is 18.4. The lowest BCUT2D eigenvalue weighted by Crippen LogP contribution is -2.35. The Morgan fingerprint density at radius 1 is 1.27 bits per heavy atom. The van der Waals surface area contributed by atoms with Gasteiger partial charge in [-0.1, -0.05) is 6.08 Å². The molecule has 2 aliphatic rings. The molecule has 5 heteroatoms. The number of benzene rings is 1. The molecule has 1 aromatic carbocycles. The number of halogens is 1. The molecular formula is C21H21FN4. The van der Waals surface area contributed by atoms with E-state index in [9.17, 15) is 4.39 Å². The molecule has 132 valence electrons. The van der Waals surface area contributed by atoms with Gasteiger partial charge in [-0.2, -0.15) is 5.26 Å². The second kappa shape index (κ2) is 7.27. The number of piperidine rings is 1. The molecule has 0 spiro atoms. The molecule has 1 atom stereocenters. The van der Waals surface area contributed by atoms with Gasteiger partial charge in [0.15, 0.2) is 0 Å². The molecule has 0 bridgehead atoms. The van der Waals surface area contributed by atoms with Crippen molar-refractivity contribution in [3.8, 4) is 6.07 Å². The van der Waals surface area contributed by atoms with E-state index in [4.69, 9.17) is 5.26 Å². The number of nitrogens with one attached hydrogen (secondary N) is 2. The summed E-state index contributed by atoms with van der Waals surface area (Å²) in [6.07, 6.45) is 8.43. The SMILES string of the molecule is N#CC1=CC(c2cc(NC3CCNCC3)c3cnccc3c2)=CCC1F. The van der Waals surface area contributed by atoms with Crippen LogP contribution in [0.3, 0.4) is 0 Å². The summed E-state index contributed by atoms with van der Waals surface area (Å²) >= 11 is 0. The zero-order chi connectivity index (χ0) is 17.9. The summed E-state index contributed by atoms with van der Waals surface area (Å²) in [6.45, 7) is 2.04. The topological polar surface area (TPSA) is 60.7 Å². The number of hydrogen-bond acceptors (Lipinski definition) is 4. The van der Waals surface area contributed by atoms with E-state index >= 15 is 0 Å². The van der Waals surface area contributed by atoms with Crippen LogP contribution in [0.15, 0.2) is 48.3 Å². The zero-order valence-electron chi connectivity index (χ0n) is 14.5. The van der Waals surface area contributed by atoms with Crippen LogP contribution in [0.5, 0.6) is 0 Å². The Hall–Kier alpha value is -2.71. The van der Waals surface area contributed by atoms with Gasteiger partial charge in [-0.05, 0) is 66.7 Å². The van der Waals surface area contributed by atoms with Gasteiger partial charge >= 0.3 is 0 Å². The molecule has 0 radical (unpaired) electrons. The molecule has 0 saturated carbocycles. The second-order valence-electron chi connectivity index (χ2n) is 6.86. The van der Waals surface area contributed by atoms with Crippen molar-refractivity contribution in [3.05, 3.63) is 53.9 Å². The third-order valence-electron chi connectivity index (χ3n) is 5.11. The Labute approximate surface area is 152 Å². The molecular weight excluding hydrogens is 327 g/mol. The minimum Gasteiger partial charge on any atom is -0.382 e. The maximum atomic E-state index is 13.8. The number of alkyl halides is 1. The van der Waals surface area contributed by atoms with E-state index in [1.54, 1.807) is 12.3 Å². The smallest absolute Gasteiger partial charge is 0.138 e. The number of anilines is 1. The van der Waals surface area contributed by atoms with Crippen molar-refractivity contribution in [2.75, 3.05) is 18.4 Å².